The Hall–Kier alpha value is -0.0800. The molecule has 0 radical (unpaired) electrons. The van der Waals surface area contributed by atoms with E-state index in [9.17, 15) is 0 Å². The summed E-state index contributed by atoms with van der Waals surface area (Å²) in [6, 6.07) is 0. The minimum atomic E-state index is 0.547. The van der Waals surface area contributed by atoms with E-state index in [0.29, 0.717) is 5.54 Å². The minimum absolute atomic E-state index is 0.547. The smallest absolute Gasteiger partial charge is 0.0334 e. The van der Waals surface area contributed by atoms with Gasteiger partial charge in [-0.2, -0.15) is 0 Å². The van der Waals surface area contributed by atoms with Crippen molar-refractivity contribution in [3.05, 3.63) is 0 Å². The van der Waals surface area contributed by atoms with E-state index >= 15 is 0 Å². The fraction of sp³-hybridized carbons (Fsp3) is 1.00. The summed E-state index contributed by atoms with van der Waals surface area (Å²) in [5.41, 5.74) is 0.547. The van der Waals surface area contributed by atoms with Gasteiger partial charge in [-0.25, -0.2) is 0 Å². The molecule has 76 valence electrons. The average molecular weight is 182 g/mol. The van der Waals surface area contributed by atoms with Crippen molar-refractivity contribution in [2.24, 2.45) is 0 Å². The molecule has 2 nitrogen and oxygen atoms in total. The van der Waals surface area contributed by atoms with Crippen LogP contribution in [0.3, 0.4) is 0 Å². The van der Waals surface area contributed by atoms with E-state index in [0.717, 1.165) is 0 Å². The zero-order chi connectivity index (χ0) is 9.15. The molecule has 1 unspecified atom stereocenters. The maximum Gasteiger partial charge on any atom is 0.0334 e. The van der Waals surface area contributed by atoms with Gasteiger partial charge in [0.1, 0.15) is 0 Å². The summed E-state index contributed by atoms with van der Waals surface area (Å²) in [4.78, 5) is 2.71. The Balaban J connectivity index is 2.06. The summed E-state index contributed by atoms with van der Waals surface area (Å²) < 4.78 is 0. The van der Waals surface area contributed by atoms with Gasteiger partial charge in [0.05, 0.1) is 0 Å². The number of nitrogens with one attached hydrogen (secondary N) is 1. The normalized spacial score (nSPS) is 36.7. The molecule has 0 aromatic heterocycles. The summed E-state index contributed by atoms with van der Waals surface area (Å²) in [5.74, 6) is 0. The zero-order valence-electron chi connectivity index (χ0n) is 8.81. The van der Waals surface area contributed by atoms with Gasteiger partial charge in [0.2, 0.25) is 0 Å². The second kappa shape index (κ2) is 3.97. The van der Waals surface area contributed by atoms with Crippen molar-refractivity contribution in [1.29, 1.82) is 0 Å². The van der Waals surface area contributed by atoms with Gasteiger partial charge in [-0.3, -0.25) is 4.90 Å². The van der Waals surface area contributed by atoms with E-state index in [1.807, 2.05) is 0 Å². The Labute approximate surface area is 81.7 Å². The molecule has 2 heteroatoms. The maximum absolute atomic E-state index is 3.57. The number of piperidine rings is 2. The first kappa shape index (κ1) is 9.47. The molecule has 1 spiro atoms. The Morgan fingerprint density at radius 3 is 2.77 bits per heavy atom. The van der Waals surface area contributed by atoms with Crippen LogP contribution in [0.2, 0.25) is 0 Å². The van der Waals surface area contributed by atoms with Crippen LogP contribution in [0, 0.1) is 0 Å². The number of nitrogens with zero attached hydrogens (tertiary/aromatic N) is 1. The fourth-order valence-electron chi connectivity index (χ4n) is 3.08. The predicted octanol–water partition coefficient (Wildman–Crippen LogP) is 1.61. The Kier molecular flexibility index (Phi) is 2.89. The Bertz CT molecular complexity index is 153. The van der Waals surface area contributed by atoms with Gasteiger partial charge in [-0.15, -0.1) is 0 Å². The fourth-order valence-corrected chi connectivity index (χ4v) is 3.08. The molecule has 1 N–H and O–H groups in total. The van der Waals surface area contributed by atoms with Gasteiger partial charge in [-0.1, -0.05) is 13.3 Å². The molecule has 0 aliphatic carbocycles. The standard InChI is InChI=1S/C11H22N2/c1-2-13-9-4-3-6-11(13)7-5-8-12-10-11/h12H,2-10H2,1H3. The summed E-state index contributed by atoms with van der Waals surface area (Å²) in [6.45, 7) is 7.35. The van der Waals surface area contributed by atoms with E-state index in [-0.39, 0.29) is 0 Å². The third-order valence-electron chi connectivity index (χ3n) is 3.82. The number of hydrogen-bond acceptors (Lipinski definition) is 2. The van der Waals surface area contributed by atoms with Gasteiger partial charge in [-0.05, 0) is 45.3 Å². The Morgan fingerprint density at radius 2 is 2.08 bits per heavy atom. The number of likely N-dealkylation sites (tertiary alicyclic amines) is 1. The predicted molar refractivity (Wildman–Crippen MR) is 55.9 cm³/mol. The lowest BCUT2D eigenvalue weighted by Crippen LogP contribution is -2.59. The third kappa shape index (κ3) is 1.75. The SMILES string of the molecule is CCN1CCCCC12CCCNC2. The molecular weight excluding hydrogens is 160 g/mol. The van der Waals surface area contributed by atoms with Crippen LogP contribution in [-0.4, -0.2) is 36.6 Å². The first-order valence-corrected chi connectivity index (χ1v) is 5.83. The molecule has 2 heterocycles. The highest BCUT2D eigenvalue weighted by atomic mass is 15.2. The van der Waals surface area contributed by atoms with Crippen LogP contribution in [0.4, 0.5) is 0 Å². The molecular formula is C11H22N2. The third-order valence-corrected chi connectivity index (χ3v) is 3.82. The summed E-state index contributed by atoms with van der Waals surface area (Å²) in [5, 5.41) is 3.57. The van der Waals surface area contributed by atoms with Crippen LogP contribution < -0.4 is 5.32 Å². The Morgan fingerprint density at radius 1 is 1.23 bits per heavy atom. The molecule has 0 amide bonds. The molecule has 2 saturated heterocycles. The second-order valence-electron chi connectivity index (χ2n) is 4.54. The highest BCUT2D eigenvalue weighted by Crippen LogP contribution is 2.33. The molecule has 2 aliphatic heterocycles. The van der Waals surface area contributed by atoms with Gasteiger partial charge < -0.3 is 5.32 Å². The molecule has 0 bridgehead atoms. The van der Waals surface area contributed by atoms with Gasteiger partial charge >= 0.3 is 0 Å². The highest BCUT2D eigenvalue weighted by Gasteiger charge is 2.38. The van der Waals surface area contributed by atoms with E-state index in [1.54, 1.807) is 0 Å². The highest BCUT2D eigenvalue weighted by molar-refractivity contribution is 4.97. The molecule has 2 rings (SSSR count). The van der Waals surface area contributed by atoms with Crippen LogP contribution in [0.25, 0.3) is 0 Å². The minimum Gasteiger partial charge on any atom is -0.315 e. The molecule has 0 saturated carbocycles. The lowest BCUT2D eigenvalue weighted by Gasteiger charge is -2.49. The van der Waals surface area contributed by atoms with Crippen LogP contribution >= 0.6 is 0 Å². The lowest BCUT2D eigenvalue weighted by molar-refractivity contribution is 0.0302. The van der Waals surface area contributed by atoms with E-state index in [2.05, 4.69) is 17.1 Å². The largest absolute Gasteiger partial charge is 0.315 e. The van der Waals surface area contributed by atoms with Crippen LogP contribution in [0.15, 0.2) is 0 Å². The van der Waals surface area contributed by atoms with E-state index < -0.39 is 0 Å². The van der Waals surface area contributed by atoms with Crippen LogP contribution in [-0.2, 0) is 0 Å². The van der Waals surface area contributed by atoms with Crippen molar-refractivity contribution < 1.29 is 0 Å². The lowest BCUT2D eigenvalue weighted by atomic mass is 9.80. The molecule has 0 aromatic carbocycles. The van der Waals surface area contributed by atoms with Crippen molar-refractivity contribution in [2.45, 2.75) is 44.6 Å². The summed E-state index contributed by atoms with van der Waals surface area (Å²) in [7, 11) is 0. The second-order valence-corrected chi connectivity index (χ2v) is 4.54. The molecule has 1 atom stereocenters. The number of rotatable bonds is 1. The summed E-state index contributed by atoms with van der Waals surface area (Å²) in [6.07, 6.45) is 7.08. The number of likely N-dealkylation sites (N-methyl/N-ethyl adjacent to an activating group) is 1. The molecule has 0 aromatic rings. The molecule has 2 aliphatic rings. The first-order valence-electron chi connectivity index (χ1n) is 5.83. The first-order chi connectivity index (χ1) is 6.37. The van der Waals surface area contributed by atoms with Crippen LogP contribution in [0.5, 0.6) is 0 Å². The van der Waals surface area contributed by atoms with Crippen molar-refractivity contribution in [3.8, 4) is 0 Å². The van der Waals surface area contributed by atoms with E-state index in [1.165, 1.54) is 58.3 Å². The van der Waals surface area contributed by atoms with Crippen LogP contribution in [0.1, 0.15) is 39.0 Å². The van der Waals surface area contributed by atoms with Crippen molar-refractivity contribution in [3.63, 3.8) is 0 Å². The quantitative estimate of drug-likeness (QED) is 0.663. The topological polar surface area (TPSA) is 15.3 Å². The number of hydrogen-bond donors (Lipinski definition) is 1. The summed E-state index contributed by atoms with van der Waals surface area (Å²) >= 11 is 0. The monoisotopic (exact) mass is 182 g/mol. The van der Waals surface area contributed by atoms with Crippen molar-refractivity contribution in [2.75, 3.05) is 26.2 Å². The average Bonchev–Trinajstić information content (AvgIpc) is 2.20. The molecule has 2 fully saturated rings. The van der Waals surface area contributed by atoms with E-state index in [4.69, 9.17) is 0 Å². The van der Waals surface area contributed by atoms with Crippen molar-refractivity contribution >= 4 is 0 Å². The zero-order valence-corrected chi connectivity index (χ0v) is 8.81. The molecule has 13 heavy (non-hydrogen) atoms. The van der Waals surface area contributed by atoms with Crippen molar-refractivity contribution in [1.82, 2.24) is 10.2 Å². The maximum atomic E-state index is 3.57. The van der Waals surface area contributed by atoms with Gasteiger partial charge in [0.15, 0.2) is 0 Å². The van der Waals surface area contributed by atoms with Gasteiger partial charge in [0, 0.05) is 12.1 Å². The van der Waals surface area contributed by atoms with Gasteiger partial charge in [0.25, 0.3) is 0 Å².